The summed E-state index contributed by atoms with van der Waals surface area (Å²) >= 11 is 7.05. The fourth-order valence-corrected chi connectivity index (χ4v) is 6.59. The molecule has 1 saturated heterocycles. The highest BCUT2D eigenvalue weighted by Crippen LogP contribution is 2.39. The van der Waals surface area contributed by atoms with Gasteiger partial charge in [0.15, 0.2) is 5.65 Å². The SMILES string of the molecule is C=CC(=O)N1CC(C)N(c2nc(=O)n(-c3c(C)ccnc3C(C)C)c3nc(-c4cc(O)cc5ccccc45)c(Cl)cc23)CC1C. The Morgan fingerprint density at radius 2 is 1.82 bits per heavy atom. The third-order valence-electron chi connectivity index (χ3n) is 8.54. The van der Waals surface area contributed by atoms with Crippen molar-refractivity contribution in [2.24, 2.45) is 0 Å². The number of aromatic nitrogens is 4. The highest BCUT2D eigenvalue weighted by Gasteiger charge is 2.34. The van der Waals surface area contributed by atoms with E-state index in [2.05, 4.69) is 16.5 Å². The molecule has 0 radical (unpaired) electrons. The Morgan fingerprint density at radius 3 is 2.56 bits per heavy atom. The number of aromatic hydroxyl groups is 1. The van der Waals surface area contributed by atoms with Crippen LogP contribution in [0.25, 0.3) is 38.8 Å². The maximum atomic E-state index is 14.2. The molecule has 6 rings (SSSR count). The monoisotopic (exact) mass is 622 g/mol. The van der Waals surface area contributed by atoms with Crippen molar-refractivity contribution in [3.63, 3.8) is 0 Å². The van der Waals surface area contributed by atoms with Gasteiger partial charge in [0.05, 0.1) is 27.5 Å². The van der Waals surface area contributed by atoms with Gasteiger partial charge in [-0.15, -0.1) is 0 Å². The minimum atomic E-state index is -0.499. The van der Waals surface area contributed by atoms with Gasteiger partial charge < -0.3 is 14.9 Å². The van der Waals surface area contributed by atoms with Crippen LogP contribution in [0.5, 0.6) is 5.75 Å². The number of benzene rings is 2. The van der Waals surface area contributed by atoms with Gasteiger partial charge in [-0.25, -0.2) is 14.3 Å². The van der Waals surface area contributed by atoms with Crippen LogP contribution in [0.1, 0.15) is 44.9 Å². The highest BCUT2D eigenvalue weighted by atomic mass is 35.5. The van der Waals surface area contributed by atoms with Gasteiger partial charge in [-0.05, 0) is 73.4 Å². The largest absolute Gasteiger partial charge is 0.508 e. The third-order valence-corrected chi connectivity index (χ3v) is 8.83. The maximum absolute atomic E-state index is 14.2. The molecule has 2 aromatic carbocycles. The Hall–Kier alpha value is -4.76. The summed E-state index contributed by atoms with van der Waals surface area (Å²) < 4.78 is 1.53. The van der Waals surface area contributed by atoms with Gasteiger partial charge >= 0.3 is 5.69 Å². The van der Waals surface area contributed by atoms with Crippen LogP contribution in [0, 0.1) is 6.92 Å². The second-order valence-electron chi connectivity index (χ2n) is 12.0. The van der Waals surface area contributed by atoms with Crippen molar-refractivity contribution >= 4 is 45.1 Å². The van der Waals surface area contributed by atoms with Crippen LogP contribution < -0.4 is 10.6 Å². The van der Waals surface area contributed by atoms with Crippen molar-refractivity contribution in [2.45, 2.75) is 52.6 Å². The highest BCUT2D eigenvalue weighted by molar-refractivity contribution is 6.34. The average Bonchev–Trinajstić information content (AvgIpc) is 3.01. The molecule has 4 heterocycles. The van der Waals surface area contributed by atoms with E-state index in [1.54, 1.807) is 29.3 Å². The molecule has 45 heavy (non-hydrogen) atoms. The van der Waals surface area contributed by atoms with Crippen molar-refractivity contribution < 1.29 is 9.90 Å². The minimum absolute atomic E-state index is 0.0136. The Labute approximate surface area is 266 Å². The summed E-state index contributed by atoms with van der Waals surface area (Å²) in [7, 11) is 0. The summed E-state index contributed by atoms with van der Waals surface area (Å²) in [6.45, 7) is 14.5. The van der Waals surface area contributed by atoms with Gasteiger partial charge in [0.25, 0.3) is 0 Å². The van der Waals surface area contributed by atoms with Crippen molar-refractivity contribution in [1.82, 2.24) is 24.4 Å². The van der Waals surface area contributed by atoms with Crippen LogP contribution in [0.4, 0.5) is 5.82 Å². The van der Waals surface area contributed by atoms with Crippen molar-refractivity contribution in [3.05, 3.63) is 94.1 Å². The lowest BCUT2D eigenvalue weighted by molar-refractivity contribution is -0.128. The lowest BCUT2D eigenvalue weighted by Crippen LogP contribution is -2.58. The topological polar surface area (TPSA) is 104 Å². The van der Waals surface area contributed by atoms with E-state index in [1.807, 2.05) is 69.9 Å². The molecule has 1 aliphatic rings. The Balaban J connectivity index is 1.68. The molecule has 0 bridgehead atoms. The van der Waals surface area contributed by atoms with Gasteiger partial charge in [-0.3, -0.25) is 9.78 Å². The number of carbonyl (C=O) groups is 1. The van der Waals surface area contributed by atoms with E-state index in [1.165, 1.54) is 10.6 Å². The lowest BCUT2D eigenvalue weighted by atomic mass is 10.0. The Bertz CT molecular complexity index is 2060. The molecule has 5 aromatic rings. The number of phenols is 1. The number of hydrogen-bond donors (Lipinski definition) is 1. The van der Waals surface area contributed by atoms with Gasteiger partial charge in [-0.1, -0.05) is 56.3 Å². The Kier molecular flexibility index (Phi) is 7.82. The standard InChI is InChI=1S/C35H35ClN6O3/c1-7-29(44)40-17-22(6)41(18-21(40)5)33-27-16-28(36)31(26-15-24(43)14-23-10-8-9-11-25(23)26)38-34(27)42(35(45)39-33)32-20(4)12-13-37-30(32)19(2)3/h7-16,19,21-22,43H,1,17-18H2,2-6H3. The first-order valence-corrected chi connectivity index (χ1v) is 15.4. The molecular weight excluding hydrogens is 588 g/mol. The van der Waals surface area contributed by atoms with Gasteiger partial charge in [0, 0.05) is 36.9 Å². The first kappa shape index (κ1) is 30.3. The number of piperazine rings is 1. The normalized spacial score (nSPS) is 17.0. The number of nitrogens with zero attached hydrogens (tertiary/aromatic N) is 6. The summed E-state index contributed by atoms with van der Waals surface area (Å²) in [4.78, 5) is 45.1. The van der Waals surface area contributed by atoms with Crippen molar-refractivity contribution in [1.29, 1.82) is 0 Å². The lowest BCUT2D eigenvalue weighted by Gasteiger charge is -2.44. The Morgan fingerprint density at radius 1 is 1.07 bits per heavy atom. The van der Waals surface area contributed by atoms with E-state index in [9.17, 15) is 14.7 Å². The van der Waals surface area contributed by atoms with Crippen molar-refractivity contribution in [3.8, 4) is 22.7 Å². The van der Waals surface area contributed by atoms with E-state index >= 15 is 0 Å². The first-order chi connectivity index (χ1) is 21.5. The number of phenolic OH excluding ortho intramolecular Hbond substituents is 1. The van der Waals surface area contributed by atoms with Crippen LogP contribution in [-0.4, -0.2) is 60.6 Å². The minimum Gasteiger partial charge on any atom is -0.508 e. The molecule has 1 N–H and O–H groups in total. The molecule has 1 fully saturated rings. The van der Waals surface area contributed by atoms with Crippen LogP contribution in [0.3, 0.4) is 0 Å². The van der Waals surface area contributed by atoms with Crippen LogP contribution in [0.15, 0.2) is 72.2 Å². The summed E-state index contributed by atoms with van der Waals surface area (Å²) in [5, 5.41) is 13.3. The molecule has 2 atom stereocenters. The molecule has 0 saturated carbocycles. The van der Waals surface area contributed by atoms with E-state index in [-0.39, 0.29) is 29.7 Å². The number of aryl methyl sites for hydroxylation is 1. The second-order valence-corrected chi connectivity index (χ2v) is 12.4. The molecule has 1 amide bonds. The summed E-state index contributed by atoms with van der Waals surface area (Å²) in [5.41, 5.74) is 3.17. The van der Waals surface area contributed by atoms with Gasteiger partial charge in [0.2, 0.25) is 5.91 Å². The quantitative estimate of drug-likeness (QED) is 0.226. The van der Waals surface area contributed by atoms with Crippen LogP contribution >= 0.6 is 11.6 Å². The van der Waals surface area contributed by atoms with E-state index in [0.717, 1.165) is 22.0 Å². The number of amides is 1. The molecule has 3 aromatic heterocycles. The number of pyridine rings is 2. The fourth-order valence-electron chi connectivity index (χ4n) is 6.34. The molecule has 0 aliphatic carbocycles. The molecule has 0 spiro atoms. The predicted molar refractivity (Wildman–Crippen MR) is 180 cm³/mol. The molecule has 1 aliphatic heterocycles. The van der Waals surface area contributed by atoms with Gasteiger partial charge in [0.1, 0.15) is 11.6 Å². The second kappa shape index (κ2) is 11.6. The van der Waals surface area contributed by atoms with Gasteiger partial charge in [-0.2, -0.15) is 4.98 Å². The molecule has 9 nitrogen and oxygen atoms in total. The maximum Gasteiger partial charge on any atom is 0.355 e. The zero-order chi connectivity index (χ0) is 32.2. The van der Waals surface area contributed by atoms with E-state index in [0.29, 0.717) is 51.9 Å². The first-order valence-electron chi connectivity index (χ1n) is 15.0. The predicted octanol–water partition coefficient (Wildman–Crippen LogP) is 6.40. The number of carbonyl (C=O) groups excluding carboxylic acids is 1. The molecule has 10 heteroatoms. The summed E-state index contributed by atoms with van der Waals surface area (Å²) in [5.74, 6) is 0.405. The summed E-state index contributed by atoms with van der Waals surface area (Å²) in [6, 6.07) is 14.4. The number of fused-ring (bicyclic) bond motifs is 2. The molecule has 2 unspecified atom stereocenters. The zero-order valence-electron chi connectivity index (χ0n) is 26.0. The molecular formula is C35H35ClN6O3. The van der Waals surface area contributed by atoms with Crippen molar-refractivity contribution in [2.75, 3.05) is 18.0 Å². The number of rotatable bonds is 5. The third kappa shape index (κ3) is 5.21. The van der Waals surface area contributed by atoms with Crippen LogP contribution in [-0.2, 0) is 4.79 Å². The fraction of sp³-hybridized carbons (Fsp3) is 0.286. The van der Waals surface area contributed by atoms with E-state index < -0.39 is 5.69 Å². The summed E-state index contributed by atoms with van der Waals surface area (Å²) in [6.07, 6.45) is 3.07. The van der Waals surface area contributed by atoms with Crippen LogP contribution in [0.2, 0.25) is 5.02 Å². The average molecular weight is 623 g/mol. The zero-order valence-corrected chi connectivity index (χ0v) is 26.7. The molecule has 230 valence electrons. The number of hydrogen-bond acceptors (Lipinski definition) is 7. The number of halogens is 1. The smallest absolute Gasteiger partial charge is 0.355 e. The van der Waals surface area contributed by atoms with E-state index in [4.69, 9.17) is 16.6 Å². The number of anilines is 1.